The third-order valence-electron chi connectivity index (χ3n) is 3.63. The molecule has 0 saturated carbocycles. The summed E-state index contributed by atoms with van der Waals surface area (Å²) < 4.78 is 15.7. The topological polar surface area (TPSA) is 104 Å². The molecule has 1 atom stereocenters. The summed E-state index contributed by atoms with van der Waals surface area (Å²) in [6.45, 7) is 1.56. The molecule has 2 amide bonds. The molecular formula is C18H21ClN2O5. The highest BCUT2D eigenvalue weighted by Crippen LogP contribution is 2.36. The number of carbonyl (C=O) groups is 2. The molecule has 0 aliphatic rings. The normalized spacial score (nSPS) is 11.7. The van der Waals surface area contributed by atoms with E-state index in [2.05, 4.69) is 5.32 Å². The van der Waals surface area contributed by atoms with E-state index in [9.17, 15) is 9.59 Å². The van der Waals surface area contributed by atoms with Crippen LogP contribution in [-0.2, 0) is 11.2 Å². The molecule has 140 valence electrons. The van der Waals surface area contributed by atoms with E-state index in [1.54, 1.807) is 6.26 Å². The van der Waals surface area contributed by atoms with Gasteiger partial charge < -0.3 is 24.9 Å². The van der Waals surface area contributed by atoms with Gasteiger partial charge in [0.1, 0.15) is 5.76 Å². The van der Waals surface area contributed by atoms with Crippen LogP contribution in [-0.4, -0.2) is 31.6 Å². The number of hydrogen-bond acceptors (Lipinski definition) is 5. The van der Waals surface area contributed by atoms with E-state index in [-0.39, 0.29) is 35.1 Å². The number of amides is 2. The molecule has 0 spiro atoms. The van der Waals surface area contributed by atoms with Crippen molar-refractivity contribution in [2.45, 2.75) is 25.8 Å². The van der Waals surface area contributed by atoms with E-state index in [0.717, 1.165) is 18.6 Å². The molecule has 0 radical (unpaired) electrons. The highest BCUT2D eigenvalue weighted by atomic mass is 35.5. The molecule has 1 heterocycles. The van der Waals surface area contributed by atoms with Gasteiger partial charge in [0.05, 0.1) is 18.4 Å². The van der Waals surface area contributed by atoms with Crippen molar-refractivity contribution in [3.8, 4) is 11.5 Å². The Balaban J connectivity index is 2.03. The molecule has 3 N–H and O–H groups in total. The first-order chi connectivity index (χ1) is 12.4. The third-order valence-corrected chi connectivity index (χ3v) is 3.91. The molecule has 2 aromatic rings. The smallest absolute Gasteiger partial charge is 0.255 e. The predicted octanol–water partition coefficient (Wildman–Crippen LogP) is 2.56. The molecule has 0 saturated heterocycles. The van der Waals surface area contributed by atoms with Gasteiger partial charge in [-0.2, -0.15) is 0 Å². The third kappa shape index (κ3) is 5.42. The predicted molar refractivity (Wildman–Crippen MR) is 96.7 cm³/mol. The molecule has 26 heavy (non-hydrogen) atoms. The van der Waals surface area contributed by atoms with E-state index in [0.29, 0.717) is 5.56 Å². The van der Waals surface area contributed by atoms with E-state index >= 15 is 0 Å². The van der Waals surface area contributed by atoms with Crippen molar-refractivity contribution < 1.29 is 23.5 Å². The maximum absolute atomic E-state index is 12.5. The SMILES string of the molecule is COc1cc(C(=O)NC(C)CCc2ccco2)cc(Cl)c1OCC(N)=O. The fourth-order valence-electron chi connectivity index (χ4n) is 2.33. The Morgan fingerprint density at radius 1 is 1.38 bits per heavy atom. The number of aryl methyl sites for hydroxylation is 1. The zero-order valence-corrected chi connectivity index (χ0v) is 15.3. The number of primary amides is 1. The van der Waals surface area contributed by atoms with E-state index in [1.807, 2.05) is 19.1 Å². The molecule has 7 nitrogen and oxygen atoms in total. The molecule has 8 heteroatoms. The minimum absolute atomic E-state index is 0.0665. The Kier molecular flexibility index (Phi) is 6.91. The maximum atomic E-state index is 12.5. The fourth-order valence-corrected chi connectivity index (χ4v) is 2.59. The maximum Gasteiger partial charge on any atom is 0.255 e. The van der Waals surface area contributed by atoms with Crippen molar-refractivity contribution in [3.63, 3.8) is 0 Å². The van der Waals surface area contributed by atoms with Crippen LogP contribution in [0.25, 0.3) is 0 Å². The number of hydrogen-bond donors (Lipinski definition) is 2. The van der Waals surface area contributed by atoms with Crippen molar-refractivity contribution in [1.29, 1.82) is 0 Å². The summed E-state index contributed by atoms with van der Waals surface area (Å²) in [4.78, 5) is 23.3. The lowest BCUT2D eigenvalue weighted by Gasteiger charge is -2.16. The summed E-state index contributed by atoms with van der Waals surface area (Å²) in [7, 11) is 1.41. The lowest BCUT2D eigenvalue weighted by atomic mass is 10.1. The van der Waals surface area contributed by atoms with Gasteiger partial charge in [-0.1, -0.05) is 11.6 Å². The number of halogens is 1. The Hall–Kier alpha value is -2.67. The Morgan fingerprint density at radius 3 is 2.77 bits per heavy atom. The minimum Gasteiger partial charge on any atom is -0.493 e. The van der Waals surface area contributed by atoms with Gasteiger partial charge in [-0.25, -0.2) is 0 Å². The standard InChI is InChI=1S/C18H21ClN2O5/c1-11(5-6-13-4-3-7-25-13)21-18(23)12-8-14(19)17(15(9-12)24-2)26-10-16(20)22/h3-4,7-9,11H,5-6,10H2,1-2H3,(H2,20,22)(H,21,23). The van der Waals surface area contributed by atoms with Crippen LogP contribution >= 0.6 is 11.6 Å². The second kappa shape index (κ2) is 9.15. The highest BCUT2D eigenvalue weighted by molar-refractivity contribution is 6.32. The largest absolute Gasteiger partial charge is 0.493 e. The van der Waals surface area contributed by atoms with Crippen LogP contribution in [0.5, 0.6) is 11.5 Å². The first kappa shape index (κ1) is 19.7. The Morgan fingerprint density at radius 2 is 2.15 bits per heavy atom. The average Bonchev–Trinajstić information content (AvgIpc) is 3.11. The van der Waals surface area contributed by atoms with Gasteiger partial charge in [0, 0.05) is 18.0 Å². The first-order valence-electron chi connectivity index (χ1n) is 8.02. The number of nitrogens with two attached hydrogens (primary N) is 1. The number of furan rings is 1. The lowest BCUT2D eigenvalue weighted by Crippen LogP contribution is -2.32. The fraction of sp³-hybridized carbons (Fsp3) is 0.333. The molecule has 1 unspecified atom stereocenters. The highest BCUT2D eigenvalue weighted by Gasteiger charge is 2.18. The molecule has 0 aliphatic heterocycles. The summed E-state index contributed by atoms with van der Waals surface area (Å²) in [5.74, 6) is 0.336. The molecular weight excluding hydrogens is 360 g/mol. The number of benzene rings is 1. The van der Waals surface area contributed by atoms with Crippen LogP contribution in [0.15, 0.2) is 34.9 Å². The lowest BCUT2D eigenvalue weighted by molar-refractivity contribution is -0.119. The van der Waals surface area contributed by atoms with Crippen molar-refractivity contribution in [2.75, 3.05) is 13.7 Å². The summed E-state index contributed by atoms with van der Waals surface area (Å²) in [5.41, 5.74) is 5.38. The number of nitrogens with one attached hydrogen (secondary N) is 1. The Labute approximate surface area is 156 Å². The van der Waals surface area contributed by atoms with Gasteiger partial charge in [0.15, 0.2) is 18.1 Å². The number of methoxy groups -OCH3 is 1. The molecule has 0 fully saturated rings. The van der Waals surface area contributed by atoms with Gasteiger partial charge in [-0.05, 0) is 37.6 Å². The first-order valence-corrected chi connectivity index (χ1v) is 8.40. The van der Waals surface area contributed by atoms with Gasteiger partial charge in [-0.15, -0.1) is 0 Å². The van der Waals surface area contributed by atoms with Crippen molar-refractivity contribution >= 4 is 23.4 Å². The van der Waals surface area contributed by atoms with Crippen molar-refractivity contribution in [2.24, 2.45) is 5.73 Å². The second-order valence-electron chi connectivity index (χ2n) is 5.74. The minimum atomic E-state index is -0.643. The zero-order chi connectivity index (χ0) is 19.1. The molecule has 2 rings (SSSR count). The summed E-state index contributed by atoms with van der Waals surface area (Å²) in [5, 5.41) is 3.05. The van der Waals surface area contributed by atoms with E-state index in [4.69, 9.17) is 31.2 Å². The second-order valence-corrected chi connectivity index (χ2v) is 6.14. The van der Waals surface area contributed by atoms with Crippen LogP contribution in [0, 0.1) is 0 Å². The van der Waals surface area contributed by atoms with Crippen LogP contribution in [0.4, 0.5) is 0 Å². The van der Waals surface area contributed by atoms with Crippen LogP contribution in [0.2, 0.25) is 5.02 Å². The number of ether oxygens (including phenoxy) is 2. The summed E-state index contributed by atoms with van der Waals surface area (Å²) in [6, 6.07) is 6.60. The Bertz CT molecular complexity index is 761. The van der Waals surface area contributed by atoms with E-state index in [1.165, 1.54) is 19.2 Å². The van der Waals surface area contributed by atoms with Crippen LogP contribution in [0.3, 0.4) is 0 Å². The van der Waals surface area contributed by atoms with Crippen LogP contribution in [0.1, 0.15) is 29.5 Å². The van der Waals surface area contributed by atoms with Gasteiger partial charge in [0.2, 0.25) is 0 Å². The van der Waals surface area contributed by atoms with Gasteiger partial charge in [-0.3, -0.25) is 9.59 Å². The van der Waals surface area contributed by atoms with Crippen molar-refractivity contribution in [3.05, 3.63) is 46.9 Å². The van der Waals surface area contributed by atoms with Crippen LogP contribution < -0.4 is 20.5 Å². The van der Waals surface area contributed by atoms with Gasteiger partial charge >= 0.3 is 0 Å². The average molecular weight is 381 g/mol. The zero-order valence-electron chi connectivity index (χ0n) is 14.6. The van der Waals surface area contributed by atoms with E-state index < -0.39 is 5.91 Å². The van der Waals surface area contributed by atoms with Crippen molar-refractivity contribution in [1.82, 2.24) is 5.32 Å². The number of carbonyl (C=O) groups excluding carboxylic acids is 2. The molecule has 0 bridgehead atoms. The summed E-state index contributed by atoms with van der Waals surface area (Å²) >= 11 is 6.16. The molecule has 1 aromatic heterocycles. The molecule has 1 aromatic carbocycles. The quantitative estimate of drug-likeness (QED) is 0.695. The van der Waals surface area contributed by atoms with Gasteiger partial charge in [0.25, 0.3) is 11.8 Å². The number of rotatable bonds is 9. The summed E-state index contributed by atoms with van der Waals surface area (Å²) in [6.07, 6.45) is 3.07. The molecule has 0 aliphatic carbocycles. The monoisotopic (exact) mass is 380 g/mol.